The van der Waals surface area contributed by atoms with E-state index in [9.17, 15) is 8.42 Å². The summed E-state index contributed by atoms with van der Waals surface area (Å²) in [6.45, 7) is 0.923. The summed E-state index contributed by atoms with van der Waals surface area (Å²) in [6.07, 6.45) is 7.21. The Morgan fingerprint density at radius 3 is 2.45 bits per heavy atom. The molecule has 6 rings (SSSR count). The largest absolute Gasteiger partial charge is 0.455 e. The lowest BCUT2D eigenvalue weighted by Gasteiger charge is -2.50. The lowest BCUT2D eigenvalue weighted by atomic mass is 9.58. The molecule has 1 aliphatic heterocycles. The zero-order valence-corrected chi connectivity index (χ0v) is 24.8. The molecule has 2 aliphatic rings. The third kappa shape index (κ3) is 5.80. The van der Waals surface area contributed by atoms with Gasteiger partial charge < -0.3 is 10.1 Å². The lowest BCUT2D eigenvalue weighted by Crippen LogP contribution is -2.49. The predicted molar refractivity (Wildman–Crippen MR) is 164 cm³/mol. The van der Waals surface area contributed by atoms with E-state index in [4.69, 9.17) is 16.3 Å². The number of ether oxygens (including phenoxy) is 1. The Hall–Kier alpha value is -2.81. The van der Waals surface area contributed by atoms with Crippen molar-refractivity contribution in [2.45, 2.75) is 42.0 Å². The summed E-state index contributed by atoms with van der Waals surface area (Å²) in [4.78, 5) is 4.01. The number of fused-ring (bicyclic) bond motifs is 1. The smallest absolute Gasteiger partial charge is 0.263 e. The van der Waals surface area contributed by atoms with Gasteiger partial charge in [0.2, 0.25) is 0 Å². The van der Waals surface area contributed by atoms with E-state index in [0.29, 0.717) is 17.2 Å². The fourth-order valence-corrected chi connectivity index (χ4v) is 6.81. The highest BCUT2D eigenvalue weighted by Crippen LogP contribution is 2.54. The number of hydrogen-bond acceptors (Lipinski definition) is 5. The zero-order chi connectivity index (χ0) is 26.2. The van der Waals surface area contributed by atoms with Crippen LogP contribution in [0.2, 0.25) is 5.02 Å². The van der Waals surface area contributed by atoms with Gasteiger partial charge in [-0.05, 0) is 91.0 Å². The van der Waals surface area contributed by atoms with Crippen LogP contribution in [0, 0.1) is 0 Å². The van der Waals surface area contributed by atoms with Gasteiger partial charge in [0, 0.05) is 28.9 Å². The van der Waals surface area contributed by atoms with Crippen molar-refractivity contribution < 1.29 is 13.2 Å². The quantitative estimate of drug-likeness (QED) is 0.224. The molecule has 0 saturated heterocycles. The minimum absolute atomic E-state index is 0. The van der Waals surface area contributed by atoms with E-state index in [1.165, 1.54) is 41.6 Å². The number of nitrogens with zero attached hydrogens (tertiary/aromatic N) is 1. The second kappa shape index (κ2) is 12.4. The molecule has 1 atom stereocenters. The molecule has 4 aromatic rings. The zero-order valence-electron chi connectivity index (χ0n) is 21.5. The van der Waals surface area contributed by atoms with Crippen LogP contribution in [-0.2, 0) is 21.9 Å². The van der Waals surface area contributed by atoms with Crippen LogP contribution in [0.1, 0.15) is 42.0 Å². The average molecular weight is 619 g/mol. The Morgan fingerprint density at radius 1 is 0.975 bits per heavy atom. The normalized spacial score (nSPS) is 17.3. The molecule has 0 spiro atoms. The van der Waals surface area contributed by atoms with Crippen molar-refractivity contribution in [3.63, 3.8) is 0 Å². The van der Waals surface area contributed by atoms with Gasteiger partial charge >= 0.3 is 0 Å². The van der Waals surface area contributed by atoms with E-state index >= 15 is 0 Å². The monoisotopic (exact) mass is 617 g/mol. The molecule has 2 heterocycles. The van der Waals surface area contributed by atoms with Crippen LogP contribution in [0.25, 0.3) is 0 Å². The predicted octanol–water partition coefficient (Wildman–Crippen LogP) is 7.48. The molecule has 6 nitrogen and oxygen atoms in total. The van der Waals surface area contributed by atoms with Gasteiger partial charge in [-0.2, -0.15) is 0 Å². The van der Waals surface area contributed by atoms with Crippen molar-refractivity contribution in [3.8, 4) is 11.5 Å². The Bertz CT molecular complexity index is 1560. The summed E-state index contributed by atoms with van der Waals surface area (Å²) in [5.74, 6) is 1.09. The van der Waals surface area contributed by atoms with Crippen LogP contribution < -0.4 is 14.8 Å². The fourth-order valence-electron chi connectivity index (χ4n) is 5.65. The number of hydrogen-bond donors (Lipinski definition) is 2. The first-order valence-electron chi connectivity index (χ1n) is 12.8. The third-order valence-electron chi connectivity index (χ3n) is 7.69. The van der Waals surface area contributed by atoms with Gasteiger partial charge in [0.1, 0.15) is 10.6 Å². The summed E-state index contributed by atoms with van der Waals surface area (Å²) >= 11 is 6.20. The van der Waals surface area contributed by atoms with E-state index in [1.54, 1.807) is 24.3 Å². The van der Waals surface area contributed by atoms with Gasteiger partial charge in [0.15, 0.2) is 5.75 Å². The molecule has 0 radical (unpaired) electrons. The molecule has 1 unspecified atom stereocenters. The molecule has 0 bridgehead atoms. The van der Waals surface area contributed by atoms with E-state index in [-0.39, 0.29) is 41.2 Å². The van der Waals surface area contributed by atoms with Crippen LogP contribution in [0.4, 0.5) is 5.69 Å². The highest BCUT2D eigenvalue weighted by Gasteiger charge is 2.47. The van der Waals surface area contributed by atoms with Gasteiger partial charge in [0.05, 0.1) is 5.69 Å². The van der Waals surface area contributed by atoms with E-state index in [1.807, 2.05) is 24.3 Å². The van der Waals surface area contributed by atoms with Crippen LogP contribution >= 0.6 is 36.4 Å². The highest BCUT2D eigenvalue weighted by atomic mass is 35.5. The summed E-state index contributed by atoms with van der Waals surface area (Å²) in [5.41, 5.74) is 4.22. The molecule has 40 heavy (non-hydrogen) atoms. The Labute approximate surface area is 252 Å². The molecule has 10 heteroatoms. The van der Waals surface area contributed by atoms with Crippen molar-refractivity contribution in [2.75, 3.05) is 11.3 Å². The first-order chi connectivity index (χ1) is 18.4. The number of pyridine rings is 1. The molecule has 1 saturated carbocycles. The number of nitrogens with one attached hydrogen (secondary N) is 2. The number of rotatable bonds is 7. The summed E-state index contributed by atoms with van der Waals surface area (Å²) in [5, 5.41) is 4.54. The van der Waals surface area contributed by atoms with Crippen molar-refractivity contribution >= 4 is 52.1 Å². The van der Waals surface area contributed by atoms with E-state index in [2.05, 4.69) is 39.3 Å². The molecule has 1 aliphatic carbocycles. The second-order valence-corrected chi connectivity index (χ2v) is 12.0. The number of para-hydroxylation sites is 2. The fraction of sp³-hybridized carbons (Fsp3) is 0.233. The molecule has 3 aromatic carbocycles. The summed E-state index contributed by atoms with van der Waals surface area (Å²) in [7, 11) is -3.81. The van der Waals surface area contributed by atoms with Gasteiger partial charge in [0.25, 0.3) is 10.0 Å². The van der Waals surface area contributed by atoms with Crippen LogP contribution in [0.3, 0.4) is 0 Å². The van der Waals surface area contributed by atoms with Gasteiger partial charge in [-0.1, -0.05) is 48.4 Å². The topological polar surface area (TPSA) is 80.3 Å². The maximum absolute atomic E-state index is 12.9. The first-order valence-corrected chi connectivity index (χ1v) is 14.6. The first kappa shape index (κ1) is 30.2. The Balaban J connectivity index is 0.00000185. The van der Waals surface area contributed by atoms with Crippen LogP contribution in [-0.4, -0.2) is 19.9 Å². The van der Waals surface area contributed by atoms with Crippen LogP contribution in [0.5, 0.6) is 11.5 Å². The minimum Gasteiger partial charge on any atom is -0.455 e. The van der Waals surface area contributed by atoms with E-state index in [0.717, 1.165) is 30.8 Å². The van der Waals surface area contributed by atoms with Crippen molar-refractivity contribution in [1.29, 1.82) is 0 Å². The average Bonchev–Trinajstić information content (AvgIpc) is 2.91. The molecular weight excluding hydrogens is 589 g/mol. The Kier molecular flexibility index (Phi) is 9.33. The molecule has 1 fully saturated rings. The number of anilines is 1. The number of benzene rings is 3. The Morgan fingerprint density at radius 2 is 1.75 bits per heavy atom. The maximum atomic E-state index is 12.9. The van der Waals surface area contributed by atoms with Gasteiger partial charge in [-0.15, -0.1) is 24.8 Å². The SMILES string of the molecule is Cl.Cl.O=S(=O)(Nc1ccccc1Oc1ccc2c(c1)C(C1(c3ccc(Cl)cc3)CCC1)NCC2)c1cccnc1. The number of halogens is 3. The second-order valence-electron chi connectivity index (χ2n) is 9.91. The molecular formula is C30H30Cl3N3O3S. The van der Waals surface area contributed by atoms with Crippen molar-refractivity contribution in [3.05, 3.63) is 113 Å². The molecule has 2 N–H and O–H groups in total. The summed E-state index contributed by atoms with van der Waals surface area (Å²) in [6, 6.07) is 24.8. The van der Waals surface area contributed by atoms with Crippen LogP contribution in [0.15, 0.2) is 96.2 Å². The van der Waals surface area contributed by atoms with Gasteiger partial charge in [-0.3, -0.25) is 9.71 Å². The lowest BCUT2D eigenvalue weighted by molar-refractivity contribution is 0.164. The molecule has 210 valence electrons. The van der Waals surface area contributed by atoms with Crippen molar-refractivity contribution in [1.82, 2.24) is 10.3 Å². The number of sulfonamides is 1. The van der Waals surface area contributed by atoms with Crippen molar-refractivity contribution in [2.24, 2.45) is 0 Å². The minimum atomic E-state index is -3.81. The summed E-state index contributed by atoms with van der Waals surface area (Å²) < 4.78 is 34.8. The third-order valence-corrected chi connectivity index (χ3v) is 9.30. The molecule has 0 amide bonds. The van der Waals surface area contributed by atoms with E-state index < -0.39 is 10.0 Å². The number of aromatic nitrogens is 1. The van der Waals surface area contributed by atoms with Gasteiger partial charge in [-0.25, -0.2) is 8.42 Å². The highest BCUT2D eigenvalue weighted by molar-refractivity contribution is 7.92. The maximum Gasteiger partial charge on any atom is 0.263 e. The standard InChI is InChI=1S/C30H28ClN3O3S.2ClH/c31-23-11-9-22(10-12-23)30(15-4-16-30)29-26-19-24(13-8-21(26)14-18-33-29)37-28-7-2-1-6-27(28)34-38(35,36)25-5-3-17-32-20-25;;/h1-3,5-13,17,19-20,29,33-34H,4,14-16,18H2;2*1H. The molecule has 1 aromatic heterocycles.